The zero-order chi connectivity index (χ0) is 16.9. The maximum atomic E-state index is 12.1. The van der Waals surface area contributed by atoms with Crippen molar-refractivity contribution in [3.63, 3.8) is 0 Å². The third kappa shape index (κ3) is 3.54. The lowest BCUT2D eigenvalue weighted by Crippen LogP contribution is -2.25. The Balaban J connectivity index is 1.73. The molecule has 3 rings (SSSR count). The number of aryl methyl sites for hydroxylation is 2. The van der Waals surface area contributed by atoms with Gasteiger partial charge in [0.05, 0.1) is 0 Å². The quantitative estimate of drug-likeness (QED) is 0.827. The number of hydrogen-bond acceptors (Lipinski definition) is 2. The van der Waals surface area contributed by atoms with Crippen LogP contribution in [0.1, 0.15) is 46.6 Å². The first-order chi connectivity index (χ1) is 11.7. The van der Waals surface area contributed by atoms with Crippen molar-refractivity contribution >= 4 is 5.91 Å². The minimum Gasteiger partial charge on any atom is -0.385 e. The minimum absolute atomic E-state index is 0.0242. The Hall–Kier alpha value is -2.07. The number of aromatic nitrogens is 1. The van der Waals surface area contributed by atoms with E-state index in [0.29, 0.717) is 18.7 Å². The number of fused-ring (bicyclic) bond motifs is 1. The highest BCUT2D eigenvalue weighted by molar-refractivity contribution is 5.94. The minimum atomic E-state index is -0.0242. The molecule has 1 amide bonds. The molecule has 1 aromatic carbocycles. The van der Waals surface area contributed by atoms with Crippen LogP contribution in [0.2, 0.25) is 0 Å². The summed E-state index contributed by atoms with van der Waals surface area (Å²) >= 11 is 0. The van der Waals surface area contributed by atoms with Crippen molar-refractivity contribution in [1.82, 2.24) is 9.88 Å². The Labute approximate surface area is 143 Å². The molecular weight excluding hydrogens is 300 g/mol. The second-order valence-corrected chi connectivity index (χ2v) is 6.45. The summed E-state index contributed by atoms with van der Waals surface area (Å²) in [5.41, 5.74) is 6.05. The van der Waals surface area contributed by atoms with Crippen LogP contribution in [0.4, 0.5) is 0 Å². The Morgan fingerprint density at radius 3 is 2.71 bits per heavy atom. The van der Waals surface area contributed by atoms with Gasteiger partial charge in [0.25, 0.3) is 5.91 Å². The predicted molar refractivity (Wildman–Crippen MR) is 96.0 cm³/mol. The van der Waals surface area contributed by atoms with E-state index in [0.717, 1.165) is 18.5 Å². The first-order valence-electron chi connectivity index (χ1n) is 8.78. The zero-order valence-corrected chi connectivity index (χ0v) is 14.6. The van der Waals surface area contributed by atoms with Crippen LogP contribution in [0.5, 0.6) is 0 Å². The van der Waals surface area contributed by atoms with Crippen LogP contribution in [0.3, 0.4) is 0 Å². The van der Waals surface area contributed by atoms with E-state index in [4.69, 9.17) is 4.74 Å². The second-order valence-electron chi connectivity index (χ2n) is 6.45. The van der Waals surface area contributed by atoms with E-state index in [1.54, 1.807) is 7.11 Å². The topological polar surface area (TPSA) is 43.3 Å². The average Bonchev–Trinajstić information content (AvgIpc) is 2.94. The molecule has 2 aromatic rings. The molecule has 0 bridgehead atoms. The molecule has 1 aliphatic carbocycles. The lowest BCUT2D eigenvalue weighted by molar-refractivity contribution is 0.0948. The van der Waals surface area contributed by atoms with E-state index in [1.807, 2.05) is 24.3 Å². The molecule has 1 N–H and O–H groups in total. The molecule has 128 valence electrons. The highest BCUT2D eigenvalue weighted by Gasteiger charge is 2.17. The molecule has 1 heterocycles. The summed E-state index contributed by atoms with van der Waals surface area (Å²) in [6.45, 7) is 3.46. The number of methoxy groups -OCH3 is 1. The number of carbonyl (C=O) groups is 1. The van der Waals surface area contributed by atoms with Crippen LogP contribution in [-0.2, 0) is 17.6 Å². The van der Waals surface area contributed by atoms with Crippen molar-refractivity contribution < 1.29 is 9.53 Å². The summed E-state index contributed by atoms with van der Waals surface area (Å²) in [7, 11) is 1.67. The van der Waals surface area contributed by atoms with E-state index < -0.39 is 0 Å². The first kappa shape index (κ1) is 16.8. The summed E-state index contributed by atoms with van der Waals surface area (Å²) in [4.78, 5) is 12.1. The van der Waals surface area contributed by atoms with Gasteiger partial charge in [-0.2, -0.15) is 0 Å². The number of ether oxygens (including phenoxy) is 1. The highest BCUT2D eigenvalue weighted by Crippen LogP contribution is 2.28. The molecule has 0 atom stereocenters. The van der Waals surface area contributed by atoms with Crippen molar-refractivity contribution in [2.75, 3.05) is 20.3 Å². The van der Waals surface area contributed by atoms with Gasteiger partial charge in [-0.25, -0.2) is 0 Å². The lowest BCUT2D eigenvalue weighted by Gasteiger charge is -2.17. The molecule has 4 heteroatoms. The number of benzene rings is 1. The fourth-order valence-electron chi connectivity index (χ4n) is 3.50. The number of carbonyl (C=O) groups excluding carboxylic acids is 1. The van der Waals surface area contributed by atoms with Crippen molar-refractivity contribution in [3.8, 4) is 5.69 Å². The Kier molecular flexibility index (Phi) is 5.36. The maximum Gasteiger partial charge on any atom is 0.251 e. The van der Waals surface area contributed by atoms with Crippen LogP contribution < -0.4 is 5.32 Å². The molecule has 1 aliphatic rings. The number of hydrogen-bond donors (Lipinski definition) is 1. The van der Waals surface area contributed by atoms with Gasteiger partial charge >= 0.3 is 0 Å². The molecule has 0 saturated carbocycles. The summed E-state index contributed by atoms with van der Waals surface area (Å²) < 4.78 is 7.33. The SMILES string of the molecule is COCCCNC(=O)c1ccc(-n2c(C)cc3c2CCCC3)cc1. The number of nitrogens with zero attached hydrogens (tertiary/aromatic N) is 1. The first-order valence-corrected chi connectivity index (χ1v) is 8.78. The van der Waals surface area contributed by atoms with Gasteiger partial charge in [0, 0.05) is 42.9 Å². The second kappa shape index (κ2) is 7.67. The zero-order valence-electron chi connectivity index (χ0n) is 14.6. The van der Waals surface area contributed by atoms with Gasteiger partial charge in [-0.05, 0) is 74.9 Å². The van der Waals surface area contributed by atoms with Crippen molar-refractivity contribution in [1.29, 1.82) is 0 Å². The van der Waals surface area contributed by atoms with Gasteiger partial charge in [0.1, 0.15) is 0 Å². The van der Waals surface area contributed by atoms with Crippen LogP contribution in [-0.4, -0.2) is 30.7 Å². The summed E-state index contributed by atoms with van der Waals surface area (Å²) in [6, 6.07) is 10.2. The number of amides is 1. The van der Waals surface area contributed by atoms with Gasteiger partial charge in [-0.1, -0.05) is 0 Å². The molecule has 0 aliphatic heterocycles. The van der Waals surface area contributed by atoms with E-state index in [1.165, 1.54) is 36.2 Å². The maximum absolute atomic E-state index is 12.1. The van der Waals surface area contributed by atoms with Crippen LogP contribution in [0.25, 0.3) is 5.69 Å². The Bertz CT molecular complexity index is 701. The van der Waals surface area contributed by atoms with Crippen LogP contribution >= 0.6 is 0 Å². The van der Waals surface area contributed by atoms with Gasteiger partial charge < -0.3 is 14.6 Å². The molecule has 1 aromatic heterocycles. The largest absolute Gasteiger partial charge is 0.385 e. The van der Waals surface area contributed by atoms with Crippen LogP contribution in [0.15, 0.2) is 30.3 Å². The monoisotopic (exact) mass is 326 g/mol. The fourth-order valence-corrected chi connectivity index (χ4v) is 3.50. The molecule has 0 fully saturated rings. The normalized spacial score (nSPS) is 13.6. The smallest absolute Gasteiger partial charge is 0.251 e. The summed E-state index contributed by atoms with van der Waals surface area (Å²) in [6.07, 6.45) is 5.71. The molecule has 0 unspecified atom stereocenters. The lowest BCUT2D eigenvalue weighted by atomic mass is 9.98. The fraction of sp³-hybridized carbons (Fsp3) is 0.450. The van der Waals surface area contributed by atoms with Gasteiger partial charge in [0.2, 0.25) is 0 Å². The van der Waals surface area contributed by atoms with Crippen molar-refractivity contribution in [3.05, 3.63) is 52.8 Å². The van der Waals surface area contributed by atoms with Gasteiger partial charge in [-0.3, -0.25) is 4.79 Å². The summed E-state index contributed by atoms with van der Waals surface area (Å²) in [5.74, 6) is -0.0242. The van der Waals surface area contributed by atoms with E-state index >= 15 is 0 Å². The predicted octanol–water partition coefficient (Wildman–Crippen LogP) is 3.43. The standard InChI is InChI=1S/C20H26N2O2/c1-15-14-17-6-3-4-7-19(17)22(15)18-10-8-16(9-11-18)20(23)21-12-5-13-24-2/h8-11,14H,3-7,12-13H2,1-2H3,(H,21,23). The summed E-state index contributed by atoms with van der Waals surface area (Å²) in [5, 5.41) is 2.92. The molecular formula is C20H26N2O2. The third-order valence-electron chi connectivity index (χ3n) is 4.68. The Morgan fingerprint density at radius 2 is 1.96 bits per heavy atom. The molecule has 0 radical (unpaired) electrons. The third-order valence-corrected chi connectivity index (χ3v) is 4.68. The van der Waals surface area contributed by atoms with Gasteiger partial charge in [-0.15, -0.1) is 0 Å². The Morgan fingerprint density at radius 1 is 1.21 bits per heavy atom. The molecule has 0 saturated heterocycles. The van der Waals surface area contributed by atoms with Crippen LogP contribution in [0, 0.1) is 6.92 Å². The molecule has 0 spiro atoms. The van der Waals surface area contributed by atoms with Gasteiger partial charge in [0.15, 0.2) is 0 Å². The van der Waals surface area contributed by atoms with E-state index in [9.17, 15) is 4.79 Å². The number of nitrogens with one attached hydrogen (secondary N) is 1. The van der Waals surface area contributed by atoms with E-state index in [2.05, 4.69) is 22.9 Å². The number of rotatable bonds is 6. The average molecular weight is 326 g/mol. The highest BCUT2D eigenvalue weighted by atomic mass is 16.5. The molecule has 24 heavy (non-hydrogen) atoms. The molecule has 4 nitrogen and oxygen atoms in total. The van der Waals surface area contributed by atoms with Crippen molar-refractivity contribution in [2.24, 2.45) is 0 Å². The van der Waals surface area contributed by atoms with E-state index in [-0.39, 0.29) is 5.91 Å². The van der Waals surface area contributed by atoms with Crippen molar-refractivity contribution in [2.45, 2.75) is 39.0 Å².